The average Bonchev–Trinajstić information content (AvgIpc) is 2.46. The molecule has 0 radical (unpaired) electrons. The highest BCUT2D eigenvalue weighted by molar-refractivity contribution is 6.10. The van der Waals surface area contributed by atoms with Gasteiger partial charge in [-0.2, -0.15) is 0 Å². The van der Waals surface area contributed by atoms with Crippen LogP contribution in [-0.2, 0) is 0 Å². The van der Waals surface area contributed by atoms with Crippen molar-refractivity contribution in [3.8, 4) is 23.3 Å². The van der Waals surface area contributed by atoms with Crippen LogP contribution in [0.4, 0.5) is 0 Å². The van der Waals surface area contributed by atoms with E-state index in [0.717, 1.165) is 5.75 Å². The van der Waals surface area contributed by atoms with Crippen molar-refractivity contribution >= 4 is 5.78 Å². The Balaban J connectivity index is 2.19. The van der Waals surface area contributed by atoms with Crippen LogP contribution in [-0.4, -0.2) is 18.0 Å². The van der Waals surface area contributed by atoms with Gasteiger partial charge in [-0.25, -0.2) is 0 Å². The number of rotatable bonds is 2. The summed E-state index contributed by atoms with van der Waals surface area (Å²) >= 11 is 0. The second-order valence-corrected chi connectivity index (χ2v) is 3.82. The van der Waals surface area contributed by atoms with Gasteiger partial charge in [-0.15, -0.1) is 0 Å². The van der Waals surface area contributed by atoms with Crippen molar-refractivity contribution in [1.29, 1.82) is 0 Å². The predicted octanol–water partition coefficient (Wildman–Crippen LogP) is 2.64. The Morgan fingerprint density at radius 3 is 2.42 bits per heavy atom. The number of carbonyl (C=O) groups is 1. The molecule has 0 aliphatic heterocycles. The number of hydrogen-bond donors (Lipinski definition) is 1. The Hall–Kier alpha value is -2.73. The first kappa shape index (κ1) is 12.7. The summed E-state index contributed by atoms with van der Waals surface area (Å²) in [6.07, 6.45) is 0. The highest BCUT2D eigenvalue weighted by atomic mass is 16.5. The first-order valence-corrected chi connectivity index (χ1v) is 5.69. The summed E-state index contributed by atoms with van der Waals surface area (Å²) in [5.74, 6) is 5.53. The average molecular weight is 252 g/mol. The maximum absolute atomic E-state index is 11.8. The summed E-state index contributed by atoms with van der Waals surface area (Å²) in [5.41, 5.74) is 0.924. The quantitative estimate of drug-likeness (QED) is 0.660. The van der Waals surface area contributed by atoms with Crippen LogP contribution in [0.25, 0.3) is 0 Å². The number of hydrogen-bond acceptors (Lipinski definition) is 3. The molecule has 1 N–H and O–H groups in total. The minimum atomic E-state index is -0.408. The zero-order valence-corrected chi connectivity index (χ0v) is 10.4. The molecule has 19 heavy (non-hydrogen) atoms. The van der Waals surface area contributed by atoms with Crippen LogP contribution in [0.1, 0.15) is 15.9 Å². The zero-order chi connectivity index (χ0) is 13.7. The lowest BCUT2D eigenvalue weighted by Crippen LogP contribution is -1.95. The van der Waals surface area contributed by atoms with Gasteiger partial charge >= 0.3 is 0 Å². The topological polar surface area (TPSA) is 46.5 Å². The molecular weight excluding hydrogens is 240 g/mol. The summed E-state index contributed by atoms with van der Waals surface area (Å²) in [6.45, 7) is 0. The molecular formula is C16H12O3. The van der Waals surface area contributed by atoms with Crippen LogP contribution in [0.2, 0.25) is 0 Å². The number of Topliss-reactive ketones (excluding diaryl/α,β-unsaturated/α-hetero) is 1. The van der Waals surface area contributed by atoms with Gasteiger partial charge in [0.25, 0.3) is 0 Å². The second kappa shape index (κ2) is 5.74. The number of para-hydroxylation sites is 1. The fraction of sp³-hybridized carbons (Fsp3) is 0.0625. The van der Waals surface area contributed by atoms with Gasteiger partial charge in [0.15, 0.2) is 0 Å². The monoisotopic (exact) mass is 252 g/mol. The summed E-state index contributed by atoms with van der Waals surface area (Å²) in [7, 11) is 1.59. The molecule has 3 heteroatoms. The molecule has 2 aromatic carbocycles. The number of phenolic OH excluding ortho intramolecular Hbond substituents is 1. The van der Waals surface area contributed by atoms with E-state index in [0.29, 0.717) is 5.56 Å². The summed E-state index contributed by atoms with van der Waals surface area (Å²) in [5, 5.41) is 9.54. The van der Waals surface area contributed by atoms with Crippen LogP contribution in [0, 0.1) is 11.8 Å². The van der Waals surface area contributed by atoms with E-state index >= 15 is 0 Å². The summed E-state index contributed by atoms with van der Waals surface area (Å²) in [4.78, 5) is 11.8. The number of benzene rings is 2. The van der Waals surface area contributed by atoms with Crippen molar-refractivity contribution in [2.45, 2.75) is 0 Å². The largest absolute Gasteiger partial charge is 0.507 e. The minimum absolute atomic E-state index is 0.0588. The Bertz CT molecular complexity index is 646. The third-order valence-corrected chi connectivity index (χ3v) is 2.56. The summed E-state index contributed by atoms with van der Waals surface area (Å²) in [6, 6.07) is 13.4. The molecule has 94 valence electrons. The Kier molecular flexibility index (Phi) is 3.84. The van der Waals surface area contributed by atoms with Crippen LogP contribution in [0.15, 0.2) is 48.5 Å². The number of carbonyl (C=O) groups excluding carboxylic acids is 1. The maximum Gasteiger partial charge on any atom is 0.239 e. The lowest BCUT2D eigenvalue weighted by Gasteiger charge is -1.98. The molecule has 2 aromatic rings. The van der Waals surface area contributed by atoms with Crippen LogP contribution in [0.3, 0.4) is 0 Å². The molecule has 0 aromatic heterocycles. The Labute approximate surface area is 111 Å². The number of methoxy groups -OCH3 is 1. The first-order valence-electron chi connectivity index (χ1n) is 5.69. The number of ether oxygens (including phenoxy) is 1. The van der Waals surface area contributed by atoms with Gasteiger partial charge in [0, 0.05) is 5.56 Å². The smallest absolute Gasteiger partial charge is 0.239 e. The third kappa shape index (κ3) is 3.14. The van der Waals surface area contributed by atoms with E-state index in [9.17, 15) is 9.90 Å². The molecule has 0 amide bonds. The van der Waals surface area contributed by atoms with Gasteiger partial charge in [-0.05, 0) is 42.3 Å². The van der Waals surface area contributed by atoms with E-state index in [1.165, 1.54) is 6.07 Å². The van der Waals surface area contributed by atoms with E-state index in [2.05, 4.69) is 11.8 Å². The van der Waals surface area contributed by atoms with Crippen LogP contribution < -0.4 is 4.74 Å². The Morgan fingerprint density at radius 2 is 1.79 bits per heavy atom. The zero-order valence-electron chi connectivity index (χ0n) is 10.4. The first-order chi connectivity index (χ1) is 9.20. The van der Waals surface area contributed by atoms with Gasteiger partial charge < -0.3 is 9.84 Å². The minimum Gasteiger partial charge on any atom is -0.507 e. The molecule has 3 nitrogen and oxygen atoms in total. The lowest BCUT2D eigenvalue weighted by molar-refractivity contribution is 0.105. The molecule has 0 atom stereocenters. The molecule has 0 unspecified atom stereocenters. The molecule has 0 bridgehead atoms. The predicted molar refractivity (Wildman–Crippen MR) is 72.3 cm³/mol. The van der Waals surface area contributed by atoms with Crippen LogP contribution in [0.5, 0.6) is 11.5 Å². The molecule has 0 aliphatic rings. The Morgan fingerprint density at radius 1 is 1.11 bits per heavy atom. The molecule has 2 rings (SSSR count). The van der Waals surface area contributed by atoms with Gasteiger partial charge in [0.1, 0.15) is 11.5 Å². The maximum atomic E-state index is 11.8. The molecule has 0 heterocycles. The fourth-order valence-corrected chi connectivity index (χ4v) is 1.54. The van der Waals surface area contributed by atoms with Crippen molar-refractivity contribution in [1.82, 2.24) is 0 Å². The van der Waals surface area contributed by atoms with E-state index < -0.39 is 5.78 Å². The number of aromatic hydroxyl groups is 1. The lowest BCUT2D eigenvalue weighted by atomic mass is 10.1. The molecule has 0 aliphatic carbocycles. The van der Waals surface area contributed by atoms with E-state index in [1.807, 2.05) is 0 Å². The van der Waals surface area contributed by atoms with Crippen molar-refractivity contribution < 1.29 is 14.6 Å². The van der Waals surface area contributed by atoms with Crippen molar-refractivity contribution in [2.24, 2.45) is 0 Å². The van der Waals surface area contributed by atoms with Gasteiger partial charge in [0.2, 0.25) is 5.78 Å². The molecule has 0 saturated heterocycles. The van der Waals surface area contributed by atoms with E-state index in [4.69, 9.17) is 4.74 Å². The summed E-state index contributed by atoms with van der Waals surface area (Å²) < 4.78 is 5.03. The van der Waals surface area contributed by atoms with Crippen LogP contribution >= 0.6 is 0 Å². The van der Waals surface area contributed by atoms with Gasteiger partial charge in [-0.3, -0.25) is 4.79 Å². The molecule has 0 spiro atoms. The van der Waals surface area contributed by atoms with E-state index in [1.54, 1.807) is 49.6 Å². The third-order valence-electron chi connectivity index (χ3n) is 2.56. The van der Waals surface area contributed by atoms with Crippen molar-refractivity contribution in [3.63, 3.8) is 0 Å². The molecule has 0 saturated carbocycles. The highest BCUT2D eigenvalue weighted by Crippen LogP contribution is 2.16. The highest BCUT2D eigenvalue weighted by Gasteiger charge is 2.06. The fourth-order valence-electron chi connectivity index (χ4n) is 1.54. The van der Waals surface area contributed by atoms with Gasteiger partial charge in [0.05, 0.1) is 12.7 Å². The number of ketones is 1. The van der Waals surface area contributed by atoms with Gasteiger partial charge in [-0.1, -0.05) is 18.1 Å². The normalized spacial score (nSPS) is 9.32. The standard InChI is InChI=1S/C16H12O3/c1-19-13-9-6-12(7-10-13)8-11-16(18)14-4-2-3-5-15(14)17/h2-7,9-10,17H,1H3. The second-order valence-electron chi connectivity index (χ2n) is 3.82. The number of phenols is 1. The molecule has 0 fully saturated rings. The van der Waals surface area contributed by atoms with E-state index in [-0.39, 0.29) is 11.3 Å². The van der Waals surface area contributed by atoms with Crippen molar-refractivity contribution in [2.75, 3.05) is 7.11 Å². The van der Waals surface area contributed by atoms with Crippen molar-refractivity contribution in [3.05, 3.63) is 59.7 Å². The SMILES string of the molecule is COc1ccc(C#CC(=O)c2ccccc2O)cc1.